The summed E-state index contributed by atoms with van der Waals surface area (Å²) in [4.78, 5) is 14.3. The van der Waals surface area contributed by atoms with E-state index in [1.165, 1.54) is 0 Å². The number of methoxy groups -OCH3 is 1. The minimum Gasteiger partial charge on any atom is -0.495 e. The first-order valence-corrected chi connectivity index (χ1v) is 7.75. The lowest BCUT2D eigenvalue weighted by Gasteiger charge is -2.37. The summed E-state index contributed by atoms with van der Waals surface area (Å²) in [7, 11) is 1.62. The highest BCUT2D eigenvalue weighted by molar-refractivity contribution is 8.00. The molecule has 1 aliphatic heterocycles. The quantitative estimate of drug-likeness (QED) is 0.909. The van der Waals surface area contributed by atoms with Gasteiger partial charge in [0.2, 0.25) is 0 Å². The van der Waals surface area contributed by atoms with Crippen LogP contribution in [-0.2, 0) is 0 Å². The molecule has 20 heavy (non-hydrogen) atoms. The van der Waals surface area contributed by atoms with Gasteiger partial charge in [-0.3, -0.25) is 0 Å². The molecule has 1 heterocycles. The maximum atomic E-state index is 12.4. The van der Waals surface area contributed by atoms with Crippen molar-refractivity contribution < 1.29 is 9.53 Å². The number of aryl methyl sites for hydroxylation is 1. The Labute approximate surface area is 124 Å². The number of carbonyl (C=O) groups excluding carboxylic acids is 1. The monoisotopic (exact) mass is 294 g/mol. The first-order valence-electron chi connectivity index (χ1n) is 6.76. The Bertz CT molecular complexity index is 503. The molecule has 1 aromatic carbocycles. The molecule has 1 fully saturated rings. The summed E-state index contributed by atoms with van der Waals surface area (Å²) in [6.45, 7) is 7.86. The SMILES string of the molecule is COc1cccc(C)c1NC(=O)N1CCSC(C)(C)C1. The summed E-state index contributed by atoms with van der Waals surface area (Å²) in [5, 5.41) is 2.99. The highest BCUT2D eigenvalue weighted by atomic mass is 32.2. The zero-order valence-corrected chi connectivity index (χ0v) is 13.3. The van der Waals surface area contributed by atoms with E-state index < -0.39 is 0 Å². The van der Waals surface area contributed by atoms with E-state index in [0.717, 1.165) is 30.1 Å². The molecule has 0 atom stereocenters. The van der Waals surface area contributed by atoms with Gasteiger partial charge in [0.15, 0.2) is 0 Å². The molecule has 0 radical (unpaired) electrons. The summed E-state index contributed by atoms with van der Waals surface area (Å²) in [6, 6.07) is 5.70. The van der Waals surface area contributed by atoms with E-state index in [9.17, 15) is 4.79 Å². The number of para-hydroxylation sites is 1. The van der Waals surface area contributed by atoms with Crippen LogP contribution in [0.1, 0.15) is 19.4 Å². The molecule has 0 aliphatic carbocycles. The number of rotatable bonds is 2. The second-order valence-electron chi connectivity index (χ2n) is 5.61. The number of hydrogen-bond acceptors (Lipinski definition) is 3. The number of carbonyl (C=O) groups is 1. The van der Waals surface area contributed by atoms with Crippen LogP contribution in [0.3, 0.4) is 0 Å². The minimum absolute atomic E-state index is 0.0500. The molecule has 0 saturated carbocycles. The van der Waals surface area contributed by atoms with Crippen LogP contribution in [0.15, 0.2) is 18.2 Å². The molecule has 0 bridgehead atoms. The molecular formula is C15H22N2O2S. The minimum atomic E-state index is -0.0500. The Morgan fingerprint density at radius 3 is 2.85 bits per heavy atom. The van der Waals surface area contributed by atoms with Crippen molar-refractivity contribution in [2.75, 3.05) is 31.3 Å². The van der Waals surface area contributed by atoms with Gasteiger partial charge >= 0.3 is 6.03 Å². The zero-order chi connectivity index (χ0) is 14.8. The molecule has 2 amide bonds. The molecule has 1 N–H and O–H groups in total. The first kappa shape index (κ1) is 15.0. The topological polar surface area (TPSA) is 41.6 Å². The van der Waals surface area contributed by atoms with Crippen LogP contribution in [0.4, 0.5) is 10.5 Å². The van der Waals surface area contributed by atoms with Gasteiger partial charge in [0.25, 0.3) is 0 Å². The fourth-order valence-electron chi connectivity index (χ4n) is 2.35. The Hall–Kier alpha value is -1.36. The van der Waals surface area contributed by atoms with E-state index in [1.54, 1.807) is 7.11 Å². The van der Waals surface area contributed by atoms with Crippen LogP contribution >= 0.6 is 11.8 Å². The normalized spacial score (nSPS) is 17.7. The highest BCUT2D eigenvalue weighted by Crippen LogP contribution is 2.31. The van der Waals surface area contributed by atoms with Crippen molar-refractivity contribution in [1.29, 1.82) is 0 Å². The highest BCUT2D eigenvalue weighted by Gasteiger charge is 2.30. The van der Waals surface area contributed by atoms with Crippen molar-refractivity contribution in [3.63, 3.8) is 0 Å². The number of thioether (sulfide) groups is 1. The lowest BCUT2D eigenvalue weighted by atomic mass is 10.1. The van der Waals surface area contributed by atoms with Gasteiger partial charge in [0, 0.05) is 23.6 Å². The van der Waals surface area contributed by atoms with Gasteiger partial charge in [-0.15, -0.1) is 0 Å². The average Bonchev–Trinajstić information content (AvgIpc) is 2.39. The molecule has 0 aromatic heterocycles. The van der Waals surface area contributed by atoms with Crippen molar-refractivity contribution >= 4 is 23.5 Å². The third-order valence-corrected chi connectivity index (χ3v) is 4.70. The van der Waals surface area contributed by atoms with Gasteiger partial charge in [-0.25, -0.2) is 4.79 Å². The molecule has 110 valence electrons. The summed E-state index contributed by atoms with van der Waals surface area (Å²) < 4.78 is 5.43. The molecule has 0 unspecified atom stereocenters. The molecule has 5 heteroatoms. The summed E-state index contributed by atoms with van der Waals surface area (Å²) >= 11 is 1.91. The van der Waals surface area contributed by atoms with Gasteiger partial charge < -0.3 is 15.0 Å². The molecule has 2 rings (SSSR count). The smallest absolute Gasteiger partial charge is 0.322 e. The Morgan fingerprint density at radius 1 is 1.45 bits per heavy atom. The number of ether oxygens (including phenoxy) is 1. The predicted octanol–water partition coefficient (Wildman–Crippen LogP) is 3.36. The van der Waals surface area contributed by atoms with Crippen LogP contribution < -0.4 is 10.1 Å². The van der Waals surface area contributed by atoms with Crippen molar-refractivity contribution in [3.8, 4) is 5.75 Å². The van der Waals surface area contributed by atoms with E-state index in [-0.39, 0.29) is 10.8 Å². The second-order valence-corrected chi connectivity index (χ2v) is 7.41. The molecule has 1 aromatic rings. The van der Waals surface area contributed by atoms with E-state index in [2.05, 4.69) is 19.2 Å². The molecule has 1 saturated heterocycles. The summed E-state index contributed by atoms with van der Waals surface area (Å²) in [5.74, 6) is 1.68. The molecule has 0 spiro atoms. The lowest BCUT2D eigenvalue weighted by Crippen LogP contribution is -2.47. The van der Waals surface area contributed by atoms with Crippen molar-refractivity contribution in [3.05, 3.63) is 23.8 Å². The Morgan fingerprint density at radius 2 is 2.20 bits per heavy atom. The number of nitrogens with zero attached hydrogens (tertiary/aromatic N) is 1. The lowest BCUT2D eigenvalue weighted by molar-refractivity contribution is 0.208. The number of nitrogens with one attached hydrogen (secondary N) is 1. The number of benzene rings is 1. The largest absolute Gasteiger partial charge is 0.495 e. The molecule has 1 aliphatic rings. The van der Waals surface area contributed by atoms with Crippen LogP contribution in [0, 0.1) is 6.92 Å². The fourth-order valence-corrected chi connectivity index (χ4v) is 3.46. The maximum Gasteiger partial charge on any atom is 0.322 e. The number of amides is 2. The van der Waals surface area contributed by atoms with Gasteiger partial charge in [-0.1, -0.05) is 12.1 Å². The van der Waals surface area contributed by atoms with E-state index in [1.807, 2.05) is 41.8 Å². The molecule has 4 nitrogen and oxygen atoms in total. The van der Waals surface area contributed by atoms with Gasteiger partial charge in [0.05, 0.1) is 12.8 Å². The van der Waals surface area contributed by atoms with Crippen LogP contribution in [0.2, 0.25) is 0 Å². The second kappa shape index (κ2) is 5.95. The standard InChI is InChI=1S/C15H22N2O2S/c1-11-6-5-7-12(19-4)13(11)16-14(18)17-8-9-20-15(2,3)10-17/h5-7H,8-10H2,1-4H3,(H,16,18). The third-order valence-electron chi connectivity index (χ3n) is 3.40. The predicted molar refractivity (Wildman–Crippen MR) is 84.9 cm³/mol. The fraction of sp³-hybridized carbons (Fsp3) is 0.533. The van der Waals surface area contributed by atoms with Crippen molar-refractivity contribution in [2.24, 2.45) is 0 Å². The zero-order valence-electron chi connectivity index (χ0n) is 12.5. The Balaban J connectivity index is 2.12. The van der Waals surface area contributed by atoms with Crippen molar-refractivity contribution in [2.45, 2.75) is 25.5 Å². The van der Waals surface area contributed by atoms with Crippen molar-refractivity contribution in [1.82, 2.24) is 4.90 Å². The average molecular weight is 294 g/mol. The Kier molecular flexibility index (Phi) is 4.48. The summed E-state index contributed by atoms with van der Waals surface area (Å²) in [6.07, 6.45) is 0. The van der Waals surface area contributed by atoms with E-state index in [4.69, 9.17) is 4.74 Å². The van der Waals surface area contributed by atoms with Gasteiger partial charge in [0.1, 0.15) is 5.75 Å². The first-order chi connectivity index (χ1) is 9.43. The number of urea groups is 1. The molecular weight excluding hydrogens is 272 g/mol. The van der Waals surface area contributed by atoms with Gasteiger partial charge in [-0.2, -0.15) is 11.8 Å². The maximum absolute atomic E-state index is 12.4. The van der Waals surface area contributed by atoms with Crippen LogP contribution in [0.5, 0.6) is 5.75 Å². The van der Waals surface area contributed by atoms with Gasteiger partial charge in [-0.05, 0) is 32.4 Å². The van der Waals surface area contributed by atoms with Crippen LogP contribution in [0.25, 0.3) is 0 Å². The van der Waals surface area contributed by atoms with E-state index in [0.29, 0.717) is 5.75 Å². The van der Waals surface area contributed by atoms with E-state index >= 15 is 0 Å². The number of hydrogen-bond donors (Lipinski definition) is 1. The third kappa shape index (κ3) is 3.39. The summed E-state index contributed by atoms with van der Waals surface area (Å²) in [5.41, 5.74) is 1.76. The number of anilines is 1. The van der Waals surface area contributed by atoms with Crippen LogP contribution in [-0.4, -0.2) is 41.6 Å².